The summed E-state index contributed by atoms with van der Waals surface area (Å²) in [5.41, 5.74) is 6.66. The summed E-state index contributed by atoms with van der Waals surface area (Å²) in [4.78, 5) is 4.24. The van der Waals surface area contributed by atoms with Gasteiger partial charge in [0.1, 0.15) is 4.32 Å². The van der Waals surface area contributed by atoms with E-state index < -0.39 is 0 Å². The molecule has 0 saturated carbocycles. The van der Waals surface area contributed by atoms with Gasteiger partial charge >= 0.3 is 0 Å². The van der Waals surface area contributed by atoms with Gasteiger partial charge in [0.2, 0.25) is 0 Å². The monoisotopic (exact) mass is 214 g/mol. The van der Waals surface area contributed by atoms with Crippen LogP contribution in [-0.2, 0) is 6.42 Å². The second-order valence-corrected chi connectivity index (χ2v) is 5.90. The molecule has 0 fully saturated rings. The highest BCUT2D eigenvalue weighted by molar-refractivity contribution is 8.35. The first kappa shape index (κ1) is 10.5. The number of hydrogen-bond acceptors (Lipinski definition) is 2. The molecule has 72 valence electrons. The Morgan fingerprint density at radius 3 is 2.92 bits per heavy atom. The molecule has 0 aliphatic carbocycles. The molecule has 1 aromatic rings. The summed E-state index contributed by atoms with van der Waals surface area (Å²) >= 11 is 4.92. The quantitative estimate of drug-likeness (QED) is 0.591. The average Bonchev–Trinajstić information content (AvgIpc) is 2.15. The number of thiol groups is 1. The highest BCUT2D eigenvalue weighted by Crippen LogP contribution is 2.20. The van der Waals surface area contributed by atoms with Crippen molar-refractivity contribution in [2.45, 2.75) is 6.42 Å². The van der Waals surface area contributed by atoms with Crippen molar-refractivity contribution >= 4 is 27.4 Å². The van der Waals surface area contributed by atoms with Crippen molar-refractivity contribution in [3.05, 3.63) is 30.1 Å². The second-order valence-electron chi connectivity index (χ2n) is 2.83. The standard InChI is InChI=1S/C9H14N2S2/c1-13(9(10)12)7-5-8-4-2-3-6-11-8/h2-4,6,13H,5,7H2,1H3,(H2,10,12). The van der Waals surface area contributed by atoms with Gasteiger partial charge in [-0.3, -0.25) is 4.98 Å². The van der Waals surface area contributed by atoms with Crippen LogP contribution in [0.3, 0.4) is 0 Å². The zero-order chi connectivity index (χ0) is 9.68. The molecule has 1 heterocycles. The Bertz CT molecular complexity index is 274. The van der Waals surface area contributed by atoms with Gasteiger partial charge in [0.05, 0.1) is 0 Å². The Hall–Kier alpha value is -0.610. The van der Waals surface area contributed by atoms with Crippen LogP contribution in [0, 0.1) is 0 Å². The van der Waals surface area contributed by atoms with E-state index in [1.54, 1.807) is 0 Å². The third kappa shape index (κ3) is 3.74. The minimum Gasteiger partial charge on any atom is -0.386 e. The molecule has 2 N–H and O–H groups in total. The number of aromatic nitrogens is 1. The normalized spacial score (nSPS) is 13.8. The number of aryl methyl sites for hydroxylation is 1. The molecule has 0 aliphatic rings. The Balaban J connectivity index is 2.39. The molecule has 1 rings (SSSR count). The minimum atomic E-state index is -0.294. The molecule has 1 unspecified atom stereocenters. The summed E-state index contributed by atoms with van der Waals surface area (Å²) in [6.07, 6.45) is 4.90. The summed E-state index contributed by atoms with van der Waals surface area (Å²) in [5.74, 6) is 1.04. The number of thiocarbonyl (C=S) groups is 1. The van der Waals surface area contributed by atoms with Crippen molar-refractivity contribution in [1.29, 1.82) is 0 Å². The number of nitrogens with two attached hydrogens (primary N) is 1. The molecule has 13 heavy (non-hydrogen) atoms. The zero-order valence-electron chi connectivity index (χ0n) is 7.60. The van der Waals surface area contributed by atoms with Gasteiger partial charge in [-0.15, -0.1) is 0 Å². The molecule has 1 aromatic heterocycles. The Morgan fingerprint density at radius 1 is 1.62 bits per heavy atom. The Kier molecular flexibility index (Phi) is 4.18. The van der Waals surface area contributed by atoms with Crippen molar-refractivity contribution in [2.75, 3.05) is 12.0 Å². The summed E-state index contributed by atoms with van der Waals surface area (Å²) in [7, 11) is -0.294. The van der Waals surface area contributed by atoms with Crippen LogP contribution in [0.1, 0.15) is 5.69 Å². The molecule has 0 saturated heterocycles. The van der Waals surface area contributed by atoms with Gasteiger partial charge in [-0.05, 0) is 30.6 Å². The number of pyridine rings is 1. The molecule has 0 aromatic carbocycles. The number of hydrogen-bond donors (Lipinski definition) is 2. The van der Waals surface area contributed by atoms with Crippen LogP contribution >= 0.6 is 23.1 Å². The van der Waals surface area contributed by atoms with Gasteiger partial charge < -0.3 is 5.73 Å². The topological polar surface area (TPSA) is 38.9 Å². The van der Waals surface area contributed by atoms with E-state index in [-0.39, 0.29) is 10.9 Å². The van der Waals surface area contributed by atoms with Crippen molar-refractivity contribution in [3.8, 4) is 0 Å². The van der Waals surface area contributed by atoms with E-state index in [0.29, 0.717) is 4.32 Å². The van der Waals surface area contributed by atoms with E-state index >= 15 is 0 Å². The van der Waals surface area contributed by atoms with Crippen LogP contribution < -0.4 is 5.73 Å². The van der Waals surface area contributed by atoms with Crippen LogP contribution in [0.2, 0.25) is 0 Å². The number of nitrogens with zero attached hydrogens (tertiary/aromatic N) is 1. The van der Waals surface area contributed by atoms with Crippen molar-refractivity contribution in [2.24, 2.45) is 5.73 Å². The molecule has 0 aliphatic heterocycles. The van der Waals surface area contributed by atoms with Gasteiger partial charge in [-0.25, -0.2) is 10.9 Å². The van der Waals surface area contributed by atoms with E-state index in [4.69, 9.17) is 18.0 Å². The zero-order valence-corrected chi connectivity index (χ0v) is 9.31. The van der Waals surface area contributed by atoms with Crippen LogP contribution in [0.4, 0.5) is 0 Å². The SMILES string of the molecule is C[SH](CCc1ccccn1)C(N)=S. The van der Waals surface area contributed by atoms with E-state index in [1.807, 2.05) is 24.4 Å². The van der Waals surface area contributed by atoms with Crippen molar-refractivity contribution in [3.63, 3.8) is 0 Å². The third-order valence-corrected chi connectivity index (χ3v) is 4.39. The first-order chi connectivity index (χ1) is 6.20. The molecule has 1 atom stereocenters. The van der Waals surface area contributed by atoms with Crippen molar-refractivity contribution < 1.29 is 0 Å². The molecule has 0 bridgehead atoms. The van der Waals surface area contributed by atoms with Crippen LogP contribution in [0.25, 0.3) is 0 Å². The fourth-order valence-electron chi connectivity index (χ4n) is 0.938. The fraction of sp³-hybridized carbons (Fsp3) is 0.333. The Labute approximate surface area is 86.9 Å². The number of rotatable bonds is 3. The molecule has 0 spiro atoms. The summed E-state index contributed by atoms with van der Waals surface area (Å²) in [6, 6.07) is 5.95. The smallest absolute Gasteiger partial charge is 0.111 e. The summed E-state index contributed by atoms with van der Waals surface area (Å²) in [6.45, 7) is 0. The lowest BCUT2D eigenvalue weighted by Gasteiger charge is -2.12. The maximum Gasteiger partial charge on any atom is 0.111 e. The molecular formula is C9H14N2S2. The van der Waals surface area contributed by atoms with Gasteiger partial charge in [0, 0.05) is 11.9 Å². The average molecular weight is 214 g/mol. The fourth-order valence-corrected chi connectivity index (χ4v) is 2.00. The largest absolute Gasteiger partial charge is 0.386 e. The van der Waals surface area contributed by atoms with Crippen LogP contribution in [0.15, 0.2) is 24.4 Å². The van der Waals surface area contributed by atoms with E-state index in [2.05, 4.69) is 11.2 Å². The summed E-state index contributed by atoms with van der Waals surface area (Å²) < 4.78 is 0.658. The lowest BCUT2D eigenvalue weighted by Crippen LogP contribution is -2.11. The van der Waals surface area contributed by atoms with Gasteiger partial charge in [0.25, 0.3) is 0 Å². The highest BCUT2D eigenvalue weighted by atomic mass is 32.2. The lowest BCUT2D eigenvalue weighted by atomic mass is 10.3. The van der Waals surface area contributed by atoms with E-state index in [1.165, 1.54) is 0 Å². The van der Waals surface area contributed by atoms with Crippen LogP contribution in [-0.4, -0.2) is 21.3 Å². The van der Waals surface area contributed by atoms with Gasteiger partial charge in [-0.1, -0.05) is 18.3 Å². The Morgan fingerprint density at radius 2 is 2.38 bits per heavy atom. The minimum absolute atomic E-state index is 0.294. The van der Waals surface area contributed by atoms with E-state index in [0.717, 1.165) is 17.9 Å². The van der Waals surface area contributed by atoms with Gasteiger partial charge in [0.15, 0.2) is 0 Å². The van der Waals surface area contributed by atoms with Crippen LogP contribution in [0.5, 0.6) is 0 Å². The highest BCUT2D eigenvalue weighted by Gasteiger charge is 2.00. The second kappa shape index (κ2) is 5.19. The molecule has 2 nitrogen and oxygen atoms in total. The molecule has 4 heteroatoms. The first-order valence-corrected chi connectivity index (χ1v) is 6.49. The predicted octanol–water partition coefficient (Wildman–Crippen LogP) is 1.50. The van der Waals surface area contributed by atoms with Gasteiger partial charge in [-0.2, -0.15) is 0 Å². The third-order valence-electron chi connectivity index (χ3n) is 1.81. The molecule has 0 amide bonds. The maximum atomic E-state index is 5.54. The maximum absolute atomic E-state index is 5.54. The molecule has 0 radical (unpaired) electrons. The first-order valence-electron chi connectivity index (χ1n) is 4.10. The molecular weight excluding hydrogens is 200 g/mol. The van der Waals surface area contributed by atoms with E-state index in [9.17, 15) is 0 Å². The summed E-state index contributed by atoms with van der Waals surface area (Å²) in [5, 5.41) is 0. The van der Waals surface area contributed by atoms with Crippen molar-refractivity contribution in [1.82, 2.24) is 4.98 Å². The lowest BCUT2D eigenvalue weighted by molar-refractivity contribution is 1.05. The predicted molar refractivity (Wildman–Crippen MR) is 64.5 cm³/mol.